The molecule has 0 aromatic rings. The molecule has 0 amide bonds. The second kappa shape index (κ2) is 9.70. The van der Waals surface area contributed by atoms with Gasteiger partial charge < -0.3 is 20.6 Å². The highest BCUT2D eigenvalue weighted by Gasteiger charge is 2.39. The van der Waals surface area contributed by atoms with Crippen molar-refractivity contribution in [2.45, 2.75) is 89.0 Å². The Bertz CT molecular complexity index is 225. The largest absolute Gasteiger partial charge is 0.395 e. The summed E-state index contributed by atoms with van der Waals surface area (Å²) < 4.78 is 0. The van der Waals surface area contributed by atoms with Crippen LogP contribution in [0, 0.1) is 0 Å². The van der Waals surface area contributed by atoms with Gasteiger partial charge in [-0.2, -0.15) is 0 Å². The molecule has 0 aromatic heterocycles. The summed E-state index contributed by atoms with van der Waals surface area (Å²) in [5.74, 6) is 0. The van der Waals surface area contributed by atoms with Crippen LogP contribution in [0.15, 0.2) is 0 Å². The molecule has 0 radical (unpaired) electrons. The SMILES string of the molecule is CCCCCCCCCC[C@H]1N[C@H](CO)[C@@H](O)[C@@H]1O. The van der Waals surface area contributed by atoms with Crippen LogP contribution in [0.5, 0.6) is 0 Å². The molecule has 0 aliphatic carbocycles. The van der Waals surface area contributed by atoms with Crippen LogP contribution in [-0.4, -0.2) is 46.2 Å². The fourth-order valence-electron chi connectivity index (χ4n) is 2.86. The summed E-state index contributed by atoms with van der Waals surface area (Å²) in [6.45, 7) is 2.11. The number of nitrogens with one attached hydrogen (secondary N) is 1. The van der Waals surface area contributed by atoms with Gasteiger partial charge in [-0.15, -0.1) is 0 Å². The molecular weight excluding hydrogens is 242 g/mol. The predicted molar refractivity (Wildman–Crippen MR) is 77.0 cm³/mol. The zero-order valence-electron chi connectivity index (χ0n) is 12.2. The monoisotopic (exact) mass is 273 g/mol. The molecule has 1 rings (SSSR count). The van der Waals surface area contributed by atoms with Crippen LogP contribution in [0.4, 0.5) is 0 Å². The first-order valence-electron chi connectivity index (χ1n) is 7.93. The van der Waals surface area contributed by atoms with Crippen molar-refractivity contribution >= 4 is 0 Å². The molecule has 114 valence electrons. The van der Waals surface area contributed by atoms with E-state index in [0.717, 1.165) is 12.8 Å². The highest BCUT2D eigenvalue weighted by Crippen LogP contribution is 2.19. The minimum atomic E-state index is -0.830. The smallest absolute Gasteiger partial charge is 0.0989 e. The summed E-state index contributed by atoms with van der Waals surface area (Å²) in [6, 6.07) is -0.429. The van der Waals surface area contributed by atoms with Crippen LogP contribution in [-0.2, 0) is 0 Å². The van der Waals surface area contributed by atoms with Gasteiger partial charge in [0.25, 0.3) is 0 Å². The highest BCUT2D eigenvalue weighted by molar-refractivity contribution is 4.97. The maximum atomic E-state index is 9.84. The van der Waals surface area contributed by atoms with Crippen LogP contribution in [0.2, 0.25) is 0 Å². The van der Waals surface area contributed by atoms with Gasteiger partial charge in [-0.05, 0) is 6.42 Å². The molecule has 1 heterocycles. The quantitative estimate of drug-likeness (QED) is 0.456. The second-order valence-corrected chi connectivity index (χ2v) is 5.81. The number of hydrogen-bond donors (Lipinski definition) is 4. The maximum Gasteiger partial charge on any atom is 0.0989 e. The Morgan fingerprint density at radius 1 is 0.789 bits per heavy atom. The lowest BCUT2D eigenvalue weighted by Gasteiger charge is -2.15. The highest BCUT2D eigenvalue weighted by atomic mass is 16.3. The van der Waals surface area contributed by atoms with Crippen molar-refractivity contribution < 1.29 is 15.3 Å². The molecule has 1 saturated heterocycles. The molecule has 0 bridgehead atoms. The minimum absolute atomic E-state index is 0.0627. The van der Waals surface area contributed by atoms with E-state index >= 15 is 0 Å². The third-order valence-electron chi connectivity index (χ3n) is 4.17. The van der Waals surface area contributed by atoms with Crippen LogP contribution < -0.4 is 5.32 Å². The van der Waals surface area contributed by atoms with Gasteiger partial charge in [0.2, 0.25) is 0 Å². The van der Waals surface area contributed by atoms with E-state index in [1.165, 1.54) is 44.9 Å². The van der Waals surface area contributed by atoms with E-state index in [1.54, 1.807) is 0 Å². The van der Waals surface area contributed by atoms with Crippen LogP contribution in [0.3, 0.4) is 0 Å². The number of hydrogen-bond acceptors (Lipinski definition) is 4. The van der Waals surface area contributed by atoms with Gasteiger partial charge in [0.1, 0.15) is 0 Å². The second-order valence-electron chi connectivity index (χ2n) is 5.81. The maximum absolute atomic E-state index is 9.84. The van der Waals surface area contributed by atoms with E-state index in [2.05, 4.69) is 12.2 Å². The zero-order chi connectivity index (χ0) is 14.1. The summed E-state index contributed by atoms with van der Waals surface area (Å²) in [7, 11) is 0. The first-order valence-corrected chi connectivity index (χ1v) is 7.93. The van der Waals surface area contributed by atoms with E-state index < -0.39 is 12.2 Å². The Hall–Kier alpha value is -0.160. The summed E-state index contributed by atoms with van der Waals surface area (Å²) in [4.78, 5) is 0. The Morgan fingerprint density at radius 2 is 1.32 bits per heavy atom. The molecule has 1 aliphatic heterocycles. The number of unbranched alkanes of at least 4 members (excludes halogenated alkanes) is 7. The van der Waals surface area contributed by atoms with Gasteiger partial charge in [0.05, 0.1) is 24.9 Å². The molecule has 0 saturated carbocycles. The van der Waals surface area contributed by atoms with E-state index in [4.69, 9.17) is 5.11 Å². The minimum Gasteiger partial charge on any atom is -0.395 e. The fraction of sp³-hybridized carbons (Fsp3) is 1.00. The Balaban J connectivity index is 2.01. The van der Waals surface area contributed by atoms with Crippen molar-refractivity contribution in [1.29, 1.82) is 0 Å². The normalized spacial score (nSPS) is 30.9. The topological polar surface area (TPSA) is 72.7 Å². The van der Waals surface area contributed by atoms with Gasteiger partial charge in [-0.1, -0.05) is 58.3 Å². The van der Waals surface area contributed by atoms with Crippen molar-refractivity contribution in [2.75, 3.05) is 6.61 Å². The molecule has 0 aromatic carbocycles. The number of aliphatic hydroxyl groups is 3. The molecule has 4 heteroatoms. The molecule has 4 nitrogen and oxygen atoms in total. The summed E-state index contributed by atoms with van der Waals surface area (Å²) in [5.41, 5.74) is 0. The summed E-state index contributed by atoms with van der Waals surface area (Å²) >= 11 is 0. The van der Waals surface area contributed by atoms with Crippen LogP contribution in [0.1, 0.15) is 64.7 Å². The summed E-state index contributed by atoms with van der Waals surface area (Å²) in [6.07, 6.45) is 9.48. The van der Waals surface area contributed by atoms with Gasteiger partial charge in [-0.25, -0.2) is 0 Å². The molecular formula is C15H31NO3. The van der Waals surface area contributed by atoms with Crippen molar-refractivity contribution in [2.24, 2.45) is 0 Å². The molecule has 0 unspecified atom stereocenters. The number of rotatable bonds is 10. The lowest BCUT2D eigenvalue weighted by molar-refractivity contribution is 0.0186. The fourth-order valence-corrected chi connectivity index (χ4v) is 2.86. The lowest BCUT2D eigenvalue weighted by Crippen LogP contribution is -2.36. The van der Waals surface area contributed by atoms with Crippen molar-refractivity contribution in [3.63, 3.8) is 0 Å². The molecule has 1 aliphatic rings. The molecule has 0 spiro atoms. The van der Waals surface area contributed by atoms with Crippen molar-refractivity contribution in [3.05, 3.63) is 0 Å². The molecule has 19 heavy (non-hydrogen) atoms. The van der Waals surface area contributed by atoms with E-state index in [-0.39, 0.29) is 18.7 Å². The van der Waals surface area contributed by atoms with E-state index in [1.807, 2.05) is 0 Å². The first kappa shape index (κ1) is 16.9. The zero-order valence-corrected chi connectivity index (χ0v) is 12.2. The molecule has 1 fully saturated rings. The van der Waals surface area contributed by atoms with Gasteiger partial charge in [-0.3, -0.25) is 0 Å². The van der Waals surface area contributed by atoms with Crippen molar-refractivity contribution in [1.82, 2.24) is 5.32 Å². The lowest BCUT2D eigenvalue weighted by atomic mass is 10.0. The average Bonchev–Trinajstić information content (AvgIpc) is 2.69. The predicted octanol–water partition coefficient (Wildman–Crippen LogP) is 1.57. The van der Waals surface area contributed by atoms with Gasteiger partial charge >= 0.3 is 0 Å². The summed E-state index contributed by atoms with van der Waals surface area (Å²) in [5, 5.41) is 31.7. The Kier molecular flexibility index (Phi) is 8.62. The third kappa shape index (κ3) is 5.78. The Labute approximate surface area is 117 Å². The van der Waals surface area contributed by atoms with Crippen LogP contribution >= 0.6 is 0 Å². The molecule has 4 atom stereocenters. The van der Waals surface area contributed by atoms with Crippen molar-refractivity contribution in [3.8, 4) is 0 Å². The molecule has 4 N–H and O–H groups in total. The van der Waals surface area contributed by atoms with Crippen LogP contribution in [0.25, 0.3) is 0 Å². The first-order chi connectivity index (χ1) is 9.20. The van der Waals surface area contributed by atoms with Gasteiger partial charge in [0.15, 0.2) is 0 Å². The third-order valence-corrected chi connectivity index (χ3v) is 4.17. The average molecular weight is 273 g/mol. The number of aliphatic hydroxyl groups excluding tert-OH is 3. The van der Waals surface area contributed by atoms with E-state index in [9.17, 15) is 10.2 Å². The standard InChI is InChI=1S/C15H31NO3/c1-2-3-4-5-6-7-8-9-10-12-14(18)15(19)13(11-17)16-12/h12-19H,2-11H2,1H3/t12-,13-,14-,15-/m1/s1. The Morgan fingerprint density at radius 3 is 1.84 bits per heavy atom. The van der Waals surface area contributed by atoms with E-state index in [0.29, 0.717) is 0 Å². The van der Waals surface area contributed by atoms with Gasteiger partial charge in [0, 0.05) is 6.04 Å².